The Labute approximate surface area is 160 Å². The molecule has 7 heteroatoms. The molecule has 0 saturated carbocycles. The molecule has 3 aromatic carbocycles. The average molecular weight is 377 g/mol. The highest BCUT2D eigenvalue weighted by molar-refractivity contribution is 5.91. The number of hydrogen-bond acceptors (Lipinski definition) is 4. The Balaban J connectivity index is 1.51. The third kappa shape index (κ3) is 5.50. The second-order valence-electron chi connectivity index (χ2n) is 5.66. The zero-order valence-corrected chi connectivity index (χ0v) is 14.6. The first-order valence-corrected chi connectivity index (χ1v) is 8.33. The number of nitrogens with zero attached hydrogens (tertiary/aromatic N) is 1. The van der Waals surface area contributed by atoms with Gasteiger partial charge in [-0.1, -0.05) is 18.2 Å². The third-order valence-corrected chi connectivity index (χ3v) is 3.58. The summed E-state index contributed by atoms with van der Waals surface area (Å²) < 4.78 is 18.1. The number of nitrogens with one attached hydrogen (secondary N) is 2. The van der Waals surface area contributed by atoms with E-state index in [1.54, 1.807) is 36.4 Å². The number of para-hydroxylation sites is 1. The molecule has 0 aliphatic heterocycles. The van der Waals surface area contributed by atoms with Crippen LogP contribution < -0.4 is 15.5 Å². The van der Waals surface area contributed by atoms with Crippen LogP contribution in [0.3, 0.4) is 0 Å². The highest BCUT2D eigenvalue weighted by atomic mass is 19.1. The number of anilines is 1. The summed E-state index contributed by atoms with van der Waals surface area (Å²) in [5.41, 5.74) is 3.96. The van der Waals surface area contributed by atoms with Crippen LogP contribution in [0.15, 0.2) is 84.0 Å². The second-order valence-corrected chi connectivity index (χ2v) is 5.66. The van der Waals surface area contributed by atoms with E-state index in [9.17, 15) is 14.0 Å². The summed E-state index contributed by atoms with van der Waals surface area (Å²) in [5, 5.41) is 6.49. The van der Waals surface area contributed by atoms with Gasteiger partial charge in [-0.15, -0.1) is 0 Å². The zero-order valence-electron chi connectivity index (χ0n) is 14.6. The number of hydrogen-bond donors (Lipinski definition) is 2. The van der Waals surface area contributed by atoms with E-state index in [0.717, 1.165) is 0 Å². The smallest absolute Gasteiger partial charge is 0.343 e. The molecule has 28 heavy (non-hydrogen) atoms. The quantitative estimate of drug-likeness (QED) is 0.303. The van der Waals surface area contributed by atoms with E-state index in [-0.39, 0.29) is 5.56 Å². The van der Waals surface area contributed by atoms with Gasteiger partial charge in [0.25, 0.3) is 0 Å². The predicted molar refractivity (Wildman–Crippen MR) is 104 cm³/mol. The maximum Gasteiger partial charge on any atom is 0.343 e. The van der Waals surface area contributed by atoms with Gasteiger partial charge in [0.1, 0.15) is 11.6 Å². The molecule has 2 N–H and O–H groups in total. The van der Waals surface area contributed by atoms with Crippen molar-refractivity contribution in [2.24, 2.45) is 5.10 Å². The Hall–Kier alpha value is -4.00. The Morgan fingerprint density at radius 2 is 1.57 bits per heavy atom. The first kappa shape index (κ1) is 18.8. The van der Waals surface area contributed by atoms with Gasteiger partial charge in [0, 0.05) is 5.69 Å². The third-order valence-electron chi connectivity index (χ3n) is 3.58. The Morgan fingerprint density at radius 3 is 2.25 bits per heavy atom. The van der Waals surface area contributed by atoms with E-state index in [2.05, 4.69) is 15.8 Å². The molecular formula is C21H16FN3O3. The second kappa shape index (κ2) is 9.09. The summed E-state index contributed by atoms with van der Waals surface area (Å²) in [6.45, 7) is 0. The van der Waals surface area contributed by atoms with E-state index < -0.39 is 17.8 Å². The molecule has 0 aliphatic carbocycles. The van der Waals surface area contributed by atoms with E-state index in [1.165, 1.54) is 30.5 Å². The van der Waals surface area contributed by atoms with Gasteiger partial charge in [0.05, 0.1) is 11.8 Å². The number of esters is 1. The van der Waals surface area contributed by atoms with Crippen LogP contribution in [-0.2, 0) is 0 Å². The first-order valence-electron chi connectivity index (χ1n) is 8.33. The van der Waals surface area contributed by atoms with Crippen molar-refractivity contribution >= 4 is 23.9 Å². The number of carbonyl (C=O) groups is 2. The zero-order chi connectivity index (χ0) is 19.8. The summed E-state index contributed by atoms with van der Waals surface area (Å²) in [6.07, 6.45) is 1.45. The topological polar surface area (TPSA) is 79.8 Å². The lowest BCUT2D eigenvalue weighted by Gasteiger charge is -2.05. The largest absolute Gasteiger partial charge is 0.423 e. The molecule has 0 atom stereocenters. The normalized spacial score (nSPS) is 10.5. The van der Waals surface area contributed by atoms with Gasteiger partial charge in [0.2, 0.25) is 0 Å². The van der Waals surface area contributed by atoms with Crippen molar-refractivity contribution in [3.05, 3.63) is 95.8 Å². The van der Waals surface area contributed by atoms with Crippen LogP contribution in [0.2, 0.25) is 0 Å². The number of urea groups is 1. The van der Waals surface area contributed by atoms with Crippen LogP contribution in [0.1, 0.15) is 15.9 Å². The molecule has 0 unspecified atom stereocenters. The van der Waals surface area contributed by atoms with Gasteiger partial charge in [-0.05, 0) is 66.2 Å². The molecule has 6 nitrogen and oxygen atoms in total. The van der Waals surface area contributed by atoms with Gasteiger partial charge >= 0.3 is 12.0 Å². The summed E-state index contributed by atoms with van der Waals surface area (Å²) in [7, 11) is 0. The summed E-state index contributed by atoms with van der Waals surface area (Å²) >= 11 is 0. The molecule has 3 rings (SSSR count). The van der Waals surface area contributed by atoms with Crippen LogP contribution in [0.4, 0.5) is 14.9 Å². The minimum atomic E-state index is -0.583. The van der Waals surface area contributed by atoms with Crippen LogP contribution in [0.5, 0.6) is 5.75 Å². The highest BCUT2D eigenvalue weighted by Crippen LogP contribution is 2.14. The summed E-state index contributed by atoms with van der Waals surface area (Å²) in [5.74, 6) is -0.673. The monoisotopic (exact) mass is 377 g/mol. The molecule has 0 aliphatic rings. The Kier molecular flexibility index (Phi) is 6.10. The summed E-state index contributed by atoms with van der Waals surface area (Å²) in [4.78, 5) is 23.7. The average Bonchev–Trinajstić information content (AvgIpc) is 2.70. The van der Waals surface area contributed by atoms with Gasteiger partial charge in [0.15, 0.2) is 0 Å². The van der Waals surface area contributed by atoms with Crippen LogP contribution in [0, 0.1) is 5.82 Å². The van der Waals surface area contributed by atoms with Gasteiger partial charge < -0.3 is 10.1 Å². The van der Waals surface area contributed by atoms with Crippen molar-refractivity contribution in [1.82, 2.24) is 5.43 Å². The fourth-order valence-electron chi connectivity index (χ4n) is 2.22. The Morgan fingerprint density at radius 1 is 0.893 bits per heavy atom. The standard InChI is InChI=1S/C21H16FN3O3/c22-17-10-8-16(9-11-17)20(26)28-19-12-6-15(7-13-19)14-23-25-21(27)24-18-4-2-1-3-5-18/h1-14H,(H2,24,25,27)/b23-14+. The van der Waals surface area contributed by atoms with Crippen molar-refractivity contribution in [1.29, 1.82) is 0 Å². The number of rotatable bonds is 5. The highest BCUT2D eigenvalue weighted by Gasteiger charge is 2.08. The lowest BCUT2D eigenvalue weighted by molar-refractivity contribution is 0.0734. The molecule has 0 spiro atoms. The molecular weight excluding hydrogens is 361 g/mol. The fraction of sp³-hybridized carbons (Fsp3) is 0. The maximum absolute atomic E-state index is 12.9. The van der Waals surface area contributed by atoms with Crippen molar-refractivity contribution in [3.8, 4) is 5.75 Å². The molecule has 3 aromatic rings. The molecule has 0 heterocycles. The van der Waals surface area contributed by atoms with E-state index in [1.807, 2.05) is 18.2 Å². The van der Waals surface area contributed by atoms with Crippen molar-refractivity contribution in [2.75, 3.05) is 5.32 Å². The molecule has 0 aromatic heterocycles. The number of carbonyl (C=O) groups excluding carboxylic acids is 2. The number of benzene rings is 3. The lowest BCUT2D eigenvalue weighted by Crippen LogP contribution is -2.24. The predicted octanol–water partition coefficient (Wildman–Crippen LogP) is 4.20. The van der Waals surface area contributed by atoms with Crippen LogP contribution in [-0.4, -0.2) is 18.2 Å². The first-order chi connectivity index (χ1) is 13.6. The minimum Gasteiger partial charge on any atom is -0.423 e. The van der Waals surface area contributed by atoms with Gasteiger partial charge in [-0.2, -0.15) is 5.10 Å². The molecule has 2 amide bonds. The minimum absolute atomic E-state index is 0.251. The molecule has 0 saturated heterocycles. The van der Waals surface area contributed by atoms with Crippen molar-refractivity contribution in [2.45, 2.75) is 0 Å². The molecule has 0 radical (unpaired) electrons. The lowest BCUT2D eigenvalue weighted by atomic mass is 10.2. The van der Waals surface area contributed by atoms with Gasteiger partial charge in [-0.25, -0.2) is 19.4 Å². The van der Waals surface area contributed by atoms with Crippen LogP contribution in [0.25, 0.3) is 0 Å². The molecule has 140 valence electrons. The maximum atomic E-state index is 12.9. The van der Waals surface area contributed by atoms with Crippen LogP contribution >= 0.6 is 0 Å². The number of amides is 2. The molecule has 0 fully saturated rings. The van der Waals surface area contributed by atoms with E-state index in [0.29, 0.717) is 17.0 Å². The number of ether oxygens (including phenoxy) is 1. The number of hydrazone groups is 1. The molecule has 0 bridgehead atoms. The van der Waals surface area contributed by atoms with E-state index >= 15 is 0 Å². The number of halogens is 1. The Bertz CT molecular complexity index is 972. The fourth-order valence-corrected chi connectivity index (χ4v) is 2.22. The van der Waals surface area contributed by atoms with Crippen molar-refractivity contribution < 1.29 is 18.7 Å². The SMILES string of the molecule is O=C(N/N=C/c1ccc(OC(=O)c2ccc(F)cc2)cc1)Nc1ccccc1. The summed E-state index contributed by atoms with van der Waals surface area (Å²) in [6, 6.07) is 20.1. The van der Waals surface area contributed by atoms with Crippen molar-refractivity contribution in [3.63, 3.8) is 0 Å². The van der Waals surface area contributed by atoms with Gasteiger partial charge in [-0.3, -0.25) is 0 Å². The van der Waals surface area contributed by atoms with E-state index in [4.69, 9.17) is 4.74 Å².